The van der Waals surface area contributed by atoms with Gasteiger partial charge in [-0.15, -0.1) is 0 Å². The maximum Gasteiger partial charge on any atom is 0.257 e. The highest BCUT2D eigenvalue weighted by molar-refractivity contribution is 5.95. The Morgan fingerprint density at radius 3 is 2.66 bits per heavy atom. The average molecular weight is 397 g/mol. The third-order valence-corrected chi connectivity index (χ3v) is 4.62. The molecule has 3 rings (SSSR count). The van der Waals surface area contributed by atoms with Crippen LogP contribution in [0.5, 0.6) is 0 Å². The standard InChI is InChI=1S/C21H27N5O3/c1-14(2)20-17(12-22-26(20)16-8-6-15(3)7-9-16)21(27)25(4)13-19-23-18(24-29-19)10-11-28-5/h6-9,12,14H,10-11,13H2,1-5H3. The summed E-state index contributed by atoms with van der Waals surface area (Å²) in [5, 5.41) is 8.40. The van der Waals surface area contributed by atoms with Crippen LogP contribution in [0.3, 0.4) is 0 Å². The highest BCUT2D eigenvalue weighted by Crippen LogP contribution is 2.24. The van der Waals surface area contributed by atoms with E-state index in [2.05, 4.69) is 29.1 Å². The molecule has 8 heteroatoms. The smallest absolute Gasteiger partial charge is 0.257 e. The second-order valence-corrected chi connectivity index (χ2v) is 7.35. The van der Waals surface area contributed by atoms with Gasteiger partial charge in [-0.1, -0.05) is 36.7 Å². The Morgan fingerprint density at radius 2 is 2.00 bits per heavy atom. The molecule has 0 saturated carbocycles. The molecule has 0 radical (unpaired) electrons. The third-order valence-electron chi connectivity index (χ3n) is 4.62. The second-order valence-electron chi connectivity index (χ2n) is 7.35. The zero-order valence-electron chi connectivity index (χ0n) is 17.5. The Labute approximate surface area is 170 Å². The van der Waals surface area contributed by atoms with Crippen LogP contribution in [0.1, 0.15) is 53.1 Å². The minimum Gasteiger partial charge on any atom is -0.384 e. The molecule has 0 spiro atoms. The SMILES string of the molecule is COCCc1noc(CN(C)C(=O)c2cnn(-c3ccc(C)cc3)c2C(C)C)n1. The molecule has 1 aromatic carbocycles. The maximum absolute atomic E-state index is 13.1. The minimum atomic E-state index is -0.135. The van der Waals surface area contributed by atoms with Gasteiger partial charge in [0.2, 0.25) is 5.89 Å². The van der Waals surface area contributed by atoms with Gasteiger partial charge in [0.05, 0.1) is 36.3 Å². The number of aromatic nitrogens is 4. The quantitative estimate of drug-likeness (QED) is 0.580. The number of methoxy groups -OCH3 is 1. The molecule has 0 fully saturated rings. The van der Waals surface area contributed by atoms with Gasteiger partial charge in [-0.2, -0.15) is 10.1 Å². The first-order valence-corrected chi connectivity index (χ1v) is 9.61. The normalized spacial score (nSPS) is 11.2. The largest absolute Gasteiger partial charge is 0.384 e. The summed E-state index contributed by atoms with van der Waals surface area (Å²) in [5.41, 5.74) is 3.55. The lowest BCUT2D eigenvalue weighted by atomic mass is 10.0. The Morgan fingerprint density at radius 1 is 1.28 bits per heavy atom. The number of amides is 1. The van der Waals surface area contributed by atoms with Crippen LogP contribution in [0.2, 0.25) is 0 Å². The zero-order valence-corrected chi connectivity index (χ0v) is 17.5. The molecule has 0 N–H and O–H groups in total. The number of nitrogens with zero attached hydrogens (tertiary/aromatic N) is 5. The summed E-state index contributed by atoms with van der Waals surface area (Å²) in [7, 11) is 3.34. The lowest BCUT2D eigenvalue weighted by Gasteiger charge is -2.17. The molecule has 8 nitrogen and oxygen atoms in total. The van der Waals surface area contributed by atoms with E-state index in [-0.39, 0.29) is 18.4 Å². The molecule has 0 aliphatic heterocycles. The van der Waals surface area contributed by atoms with Crippen LogP contribution in [-0.4, -0.2) is 51.5 Å². The van der Waals surface area contributed by atoms with Crippen LogP contribution in [0.15, 0.2) is 35.0 Å². The fourth-order valence-electron chi connectivity index (χ4n) is 3.10. The van der Waals surface area contributed by atoms with E-state index in [1.165, 1.54) is 5.56 Å². The van der Waals surface area contributed by atoms with E-state index in [9.17, 15) is 4.79 Å². The Hall–Kier alpha value is -3.00. The fourth-order valence-corrected chi connectivity index (χ4v) is 3.10. The molecule has 154 valence electrons. The lowest BCUT2D eigenvalue weighted by molar-refractivity contribution is 0.0768. The Bertz CT molecular complexity index is 959. The zero-order chi connectivity index (χ0) is 21.0. The van der Waals surface area contributed by atoms with Gasteiger partial charge in [0, 0.05) is 20.6 Å². The highest BCUT2D eigenvalue weighted by Gasteiger charge is 2.24. The molecule has 3 aromatic rings. The first-order chi connectivity index (χ1) is 13.9. The summed E-state index contributed by atoms with van der Waals surface area (Å²) >= 11 is 0. The summed E-state index contributed by atoms with van der Waals surface area (Å²) in [6.45, 7) is 6.89. The number of aryl methyl sites for hydroxylation is 1. The van der Waals surface area contributed by atoms with Crippen LogP contribution in [0.4, 0.5) is 0 Å². The van der Waals surface area contributed by atoms with Gasteiger partial charge in [0.25, 0.3) is 5.91 Å². The van der Waals surface area contributed by atoms with Crippen LogP contribution in [-0.2, 0) is 17.7 Å². The van der Waals surface area contributed by atoms with Crippen molar-refractivity contribution in [2.45, 2.75) is 39.7 Å². The Kier molecular flexibility index (Phi) is 6.43. The predicted octanol–water partition coefficient (Wildman–Crippen LogP) is 3.15. The Balaban J connectivity index is 1.81. The van der Waals surface area contributed by atoms with Gasteiger partial charge in [0.1, 0.15) is 0 Å². The minimum absolute atomic E-state index is 0.121. The van der Waals surface area contributed by atoms with Crippen LogP contribution in [0, 0.1) is 6.92 Å². The molecule has 1 amide bonds. The van der Waals surface area contributed by atoms with Crippen molar-refractivity contribution in [2.24, 2.45) is 0 Å². The van der Waals surface area contributed by atoms with E-state index in [0.29, 0.717) is 30.3 Å². The third kappa shape index (κ3) is 4.71. The van der Waals surface area contributed by atoms with Gasteiger partial charge in [0.15, 0.2) is 5.82 Å². The van der Waals surface area contributed by atoms with Crippen LogP contribution in [0.25, 0.3) is 5.69 Å². The maximum atomic E-state index is 13.1. The second kappa shape index (κ2) is 9.00. The number of ether oxygens (including phenoxy) is 1. The molecule has 0 aliphatic carbocycles. The van der Waals surface area contributed by atoms with E-state index < -0.39 is 0 Å². The molecule has 0 unspecified atom stereocenters. The van der Waals surface area contributed by atoms with Gasteiger partial charge < -0.3 is 14.2 Å². The fraction of sp³-hybridized carbons (Fsp3) is 0.429. The number of carbonyl (C=O) groups is 1. The van der Waals surface area contributed by atoms with Crippen LogP contribution >= 0.6 is 0 Å². The number of benzene rings is 1. The van der Waals surface area contributed by atoms with E-state index in [4.69, 9.17) is 9.26 Å². The van der Waals surface area contributed by atoms with Crippen molar-refractivity contribution < 1.29 is 14.1 Å². The van der Waals surface area contributed by atoms with E-state index in [0.717, 1.165) is 11.4 Å². The molecule has 0 atom stereocenters. The molecule has 0 bridgehead atoms. The average Bonchev–Trinajstić information content (AvgIpc) is 3.33. The number of carbonyl (C=O) groups excluding carboxylic acids is 1. The first-order valence-electron chi connectivity index (χ1n) is 9.61. The van der Waals surface area contributed by atoms with Gasteiger partial charge >= 0.3 is 0 Å². The van der Waals surface area contributed by atoms with Crippen molar-refractivity contribution in [3.63, 3.8) is 0 Å². The molecular formula is C21H27N5O3. The molecular weight excluding hydrogens is 370 g/mol. The summed E-state index contributed by atoms with van der Waals surface area (Å²) < 4.78 is 12.1. The van der Waals surface area contributed by atoms with Crippen molar-refractivity contribution in [2.75, 3.05) is 20.8 Å². The highest BCUT2D eigenvalue weighted by atomic mass is 16.5. The van der Waals surface area contributed by atoms with E-state index in [1.807, 2.05) is 35.9 Å². The van der Waals surface area contributed by atoms with E-state index >= 15 is 0 Å². The van der Waals surface area contributed by atoms with Gasteiger partial charge in [-0.3, -0.25) is 4.79 Å². The monoisotopic (exact) mass is 397 g/mol. The van der Waals surface area contributed by atoms with Crippen LogP contribution < -0.4 is 0 Å². The number of rotatable bonds is 8. The van der Waals surface area contributed by atoms with Gasteiger partial charge in [-0.05, 0) is 25.0 Å². The first kappa shape index (κ1) is 20.7. The van der Waals surface area contributed by atoms with E-state index in [1.54, 1.807) is 25.3 Å². The van der Waals surface area contributed by atoms with Crippen molar-refractivity contribution in [1.82, 2.24) is 24.8 Å². The molecule has 2 aromatic heterocycles. The summed E-state index contributed by atoms with van der Waals surface area (Å²) in [6, 6.07) is 8.08. The van der Waals surface area contributed by atoms with Crippen molar-refractivity contribution in [1.29, 1.82) is 0 Å². The molecule has 0 saturated heterocycles. The summed E-state index contributed by atoms with van der Waals surface area (Å²) in [5.74, 6) is 0.945. The van der Waals surface area contributed by atoms with Gasteiger partial charge in [-0.25, -0.2) is 4.68 Å². The molecule has 29 heavy (non-hydrogen) atoms. The predicted molar refractivity (Wildman–Crippen MR) is 108 cm³/mol. The number of hydrogen-bond acceptors (Lipinski definition) is 6. The number of hydrogen-bond donors (Lipinski definition) is 0. The molecule has 2 heterocycles. The topological polar surface area (TPSA) is 86.3 Å². The summed E-state index contributed by atoms with van der Waals surface area (Å²) in [4.78, 5) is 19.0. The van der Waals surface area contributed by atoms with Crippen molar-refractivity contribution in [3.8, 4) is 5.69 Å². The van der Waals surface area contributed by atoms with Crippen molar-refractivity contribution in [3.05, 3.63) is 59.0 Å². The summed E-state index contributed by atoms with van der Waals surface area (Å²) in [6.07, 6.45) is 2.20. The lowest BCUT2D eigenvalue weighted by Crippen LogP contribution is -2.27. The van der Waals surface area contributed by atoms with Crippen molar-refractivity contribution >= 4 is 5.91 Å². The molecule has 0 aliphatic rings.